The molecule has 1 aromatic rings. The molecule has 0 radical (unpaired) electrons. The normalized spacial score (nSPS) is 19.1. The monoisotopic (exact) mass is 249 g/mol. The minimum absolute atomic E-state index is 0.0305. The van der Waals surface area contributed by atoms with Crippen molar-refractivity contribution in [3.8, 4) is 0 Å². The van der Waals surface area contributed by atoms with Crippen molar-refractivity contribution in [2.24, 2.45) is 5.92 Å². The highest BCUT2D eigenvalue weighted by Crippen LogP contribution is 2.20. The van der Waals surface area contributed by atoms with Gasteiger partial charge in [-0.1, -0.05) is 30.3 Å². The number of hydrogen-bond acceptors (Lipinski definition) is 4. The number of carbonyl (C=O) groups excluding carboxylic acids is 2. The van der Waals surface area contributed by atoms with E-state index in [-0.39, 0.29) is 19.6 Å². The summed E-state index contributed by atoms with van der Waals surface area (Å²) in [4.78, 5) is 22.9. The summed E-state index contributed by atoms with van der Waals surface area (Å²) in [6.45, 7) is 0.499. The van der Waals surface area contributed by atoms with E-state index in [1.807, 2.05) is 30.3 Å². The Morgan fingerprint density at radius 1 is 1.39 bits per heavy atom. The Morgan fingerprint density at radius 3 is 2.72 bits per heavy atom. The Hall–Kier alpha value is -1.88. The lowest BCUT2D eigenvalue weighted by molar-refractivity contribution is -0.162. The van der Waals surface area contributed by atoms with Gasteiger partial charge in [-0.2, -0.15) is 0 Å². The van der Waals surface area contributed by atoms with E-state index in [9.17, 15) is 9.59 Å². The molecule has 0 aliphatic carbocycles. The van der Waals surface area contributed by atoms with E-state index in [1.54, 1.807) is 0 Å². The van der Waals surface area contributed by atoms with Gasteiger partial charge in [0.2, 0.25) is 5.91 Å². The number of hydrogen-bond donors (Lipinski definition) is 1. The predicted molar refractivity (Wildman–Crippen MR) is 62.5 cm³/mol. The summed E-state index contributed by atoms with van der Waals surface area (Å²) in [5, 5.41) is 9.78. The Morgan fingerprint density at radius 2 is 2.11 bits per heavy atom. The van der Waals surface area contributed by atoms with E-state index >= 15 is 0 Å². The number of benzene rings is 1. The second-order valence-corrected chi connectivity index (χ2v) is 4.30. The predicted octanol–water partition coefficient (Wildman–Crippen LogP) is 1.36. The summed E-state index contributed by atoms with van der Waals surface area (Å²) < 4.78 is 5.08. The molecular weight excluding hydrogens is 234 g/mol. The first-order valence-corrected chi connectivity index (χ1v) is 5.86. The first kappa shape index (κ1) is 12.6. The molecule has 1 heterocycles. The minimum Gasteiger partial charge on any atom is -0.461 e. The number of ether oxygens (including phenoxy) is 1. The van der Waals surface area contributed by atoms with Gasteiger partial charge in [-0.15, -0.1) is 0 Å². The molecule has 5 heteroatoms. The second-order valence-electron chi connectivity index (χ2n) is 4.30. The highest BCUT2D eigenvalue weighted by atomic mass is 16.5. The van der Waals surface area contributed by atoms with Crippen molar-refractivity contribution in [3.63, 3.8) is 0 Å². The van der Waals surface area contributed by atoms with Gasteiger partial charge in [-0.05, 0) is 12.0 Å². The third-order valence-electron chi connectivity index (χ3n) is 2.95. The molecule has 1 N–H and O–H groups in total. The van der Waals surface area contributed by atoms with Crippen molar-refractivity contribution in [1.82, 2.24) is 5.06 Å². The van der Waals surface area contributed by atoms with Crippen molar-refractivity contribution in [2.45, 2.75) is 19.4 Å². The average Bonchev–Trinajstić information content (AvgIpc) is 2.70. The van der Waals surface area contributed by atoms with E-state index < -0.39 is 17.8 Å². The fraction of sp³-hybridized carbons (Fsp3) is 0.385. The van der Waals surface area contributed by atoms with Crippen molar-refractivity contribution in [2.75, 3.05) is 6.54 Å². The number of esters is 1. The lowest BCUT2D eigenvalue weighted by Crippen LogP contribution is -2.25. The van der Waals surface area contributed by atoms with Gasteiger partial charge in [0.05, 0.1) is 12.3 Å². The second kappa shape index (κ2) is 5.64. The van der Waals surface area contributed by atoms with Gasteiger partial charge in [-0.25, -0.2) is 5.06 Å². The standard InChI is InChI=1S/C13H15NO4/c15-12(8-11-6-7-14(17)13(11)16)18-9-10-4-2-1-3-5-10/h1-5,11,17H,6-9H2. The van der Waals surface area contributed by atoms with Crippen LogP contribution in [0.25, 0.3) is 0 Å². The molecule has 0 aromatic heterocycles. The van der Waals surface area contributed by atoms with Crippen LogP contribution < -0.4 is 0 Å². The maximum atomic E-state index is 11.5. The van der Waals surface area contributed by atoms with Crippen molar-refractivity contribution >= 4 is 11.9 Å². The van der Waals surface area contributed by atoms with Gasteiger partial charge in [0.25, 0.3) is 0 Å². The summed E-state index contributed by atoms with van der Waals surface area (Å²) in [6, 6.07) is 9.35. The molecule has 0 spiro atoms. The first-order valence-electron chi connectivity index (χ1n) is 5.86. The fourth-order valence-electron chi connectivity index (χ4n) is 1.91. The van der Waals surface area contributed by atoms with Crippen LogP contribution in [0.3, 0.4) is 0 Å². The summed E-state index contributed by atoms with van der Waals surface area (Å²) in [5.41, 5.74) is 0.910. The Balaban J connectivity index is 1.78. The zero-order valence-electron chi connectivity index (χ0n) is 9.91. The topological polar surface area (TPSA) is 66.8 Å². The van der Waals surface area contributed by atoms with Gasteiger partial charge in [0.1, 0.15) is 6.61 Å². The Bertz CT molecular complexity index is 432. The van der Waals surface area contributed by atoms with Crippen molar-refractivity contribution in [3.05, 3.63) is 35.9 Å². The quantitative estimate of drug-likeness (QED) is 0.646. The van der Waals surface area contributed by atoms with Crippen molar-refractivity contribution in [1.29, 1.82) is 0 Å². The molecule has 1 aliphatic heterocycles. The summed E-state index contributed by atoms with van der Waals surface area (Å²) in [7, 11) is 0. The molecule has 1 atom stereocenters. The van der Waals surface area contributed by atoms with Crippen LogP contribution in [0, 0.1) is 5.92 Å². The van der Waals surface area contributed by atoms with Crippen LogP contribution in [0.2, 0.25) is 0 Å². The average molecular weight is 249 g/mol. The molecule has 96 valence electrons. The van der Waals surface area contributed by atoms with Gasteiger partial charge >= 0.3 is 5.97 Å². The molecule has 2 rings (SSSR count). The van der Waals surface area contributed by atoms with Gasteiger partial charge in [-0.3, -0.25) is 14.8 Å². The highest BCUT2D eigenvalue weighted by molar-refractivity contribution is 5.84. The van der Waals surface area contributed by atoms with Gasteiger partial charge < -0.3 is 4.74 Å². The van der Waals surface area contributed by atoms with Crippen LogP contribution >= 0.6 is 0 Å². The van der Waals surface area contributed by atoms with Crippen molar-refractivity contribution < 1.29 is 19.5 Å². The molecule has 0 saturated carbocycles. The number of rotatable bonds is 4. The van der Waals surface area contributed by atoms with E-state index in [4.69, 9.17) is 9.94 Å². The van der Waals surface area contributed by atoms with E-state index in [0.717, 1.165) is 5.56 Å². The Kier molecular flexibility index (Phi) is 3.94. The van der Waals surface area contributed by atoms with E-state index in [0.29, 0.717) is 11.5 Å². The molecule has 1 aromatic carbocycles. The minimum atomic E-state index is -0.446. The largest absolute Gasteiger partial charge is 0.461 e. The van der Waals surface area contributed by atoms with Gasteiger partial charge in [0.15, 0.2) is 0 Å². The number of amides is 1. The van der Waals surface area contributed by atoms with Crippen LogP contribution in [0.1, 0.15) is 18.4 Å². The molecule has 1 aliphatic rings. The SMILES string of the molecule is O=C(CC1CCN(O)C1=O)OCc1ccccc1. The maximum Gasteiger partial charge on any atom is 0.306 e. The van der Waals surface area contributed by atoms with Crippen LogP contribution in [0.4, 0.5) is 0 Å². The molecule has 5 nitrogen and oxygen atoms in total. The lowest BCUT2D eigenvalue weighted by Gasteiger charge is -2.09. The molecule has 0 bridgehead atoms. The molecule has 18 heavy (non-hydrogen) atoms. The molecule has 1 amide bonds. The summed E-state index contributed by atoms with van der Waals surface area (Å²) in [6.07, 6.45) is 0.526. The lowest BCUT2D eigenvalue weighted by atomic mass is 10.0. The van der Waals surface area contributed by atoms with Crippen LogP contribution in [-0.4, -0.2) is 28.7 Å². The Labute approximate surface area is 105 Å². The molecule has 1 fully saturated rings. The fourth-order valence-corrected chi connectivity index (χ4v) is 1.91. The van der Waals surface area contributed by atoms with E-state index in [1.165, 1.54) is 0 Å². The third kappa shape index (κ3) is 3.07. The zero-order valence-corrected chi connectivity index (χ0v) is 9.91. The molecular formula is C13H15NO4. The highest BCUT2D eigenvalue weighted by Gasteiger charge is 2.32. The zero-order chi connectivity index (χ0) is 13.0. The molecule has 1 saturated heterocycles. The van der Waals surface area contributed by atoms with Gasteiger partial charge in [0, 0.05) is 6.54 Å². The molecule has 1 unspecified atom stereocenters. The maximum absolute atomic E-state index is 11.5. The number of hydroxylamine groups is 2. The number of carbonyl (C=O) groups is 2. The number of nitrogens with zero attached hydrogens (tertiary/aromatic N) is 1. The smallest absolute Gasteiger partial charge is 0.306 e. The summed E-state index contributed by atoms with van der Waals surface area (Å²) in [5.74, 6) is -1.25. The van der Waals surface area contributed by atoms with E-state index in [2.05, 4.69) is 0 Å². The van der Waals surface area contributed by atoms with Crippen LogP contribution in [0.5, 0.6) is 0 Å². The summed E-state index contributed by atoms with van der Waals surface area (Å²) >= 11 is 0. The first-order chi connectivity index (χ1) is 8.66. The van der Waals surface area contributed by atoms with Crippen LogP contribution in [0.15, 0.2) is 30.3 Å². The third-order valence-corrected chi connectivity index (χ3v) is 2.95. The van der Waals surface area contributed by atoms with Crippen LogP contribution in [-0.2, 0) is 20.9 Å².